The average molecular weight is 357 g/mol. The number of benzene rings is 2. The van der Waals surface area contributed by atoms with Crippen LogP contribution in [0.3, 0.4) is 0 Å². The minimum absolute atomic E-state index is 0.0136. The Labute approximate surface area is 152 Å². The number of piperidine rings is 1. The second-order valence-electron chi connectivity index (χ2n) is 6.39. The lowest BCUT2D eigenvalue weighted by Gasteiger charge is -2.31. The Hall–Kier alpha value is -2.33. The lowest BCUT2D eigenvalue weighted by Crippen LogP contribution is -2.42. The van der Waals surface area contributed by atoms with Crippen LogP contribution in [0.2, 0.25) is 5.02 Å². The summed E-state index contributed by atoms with van der Waals surface area (Å²) in [6.45, 7) is 3.08. The van der Waals surface area contributed by atoms with E-state index < -0.39 is 0 Å². The van der Waals surface area contributed by atoms with Gasteiger partial charge in [-0.2, -0.15) is 0 Å². The number of ketones is 1. The van der Waals surface area contributed by atoms with Crippen LogP contribution in [-0.2, 0) is 0 Å². The van der Waals surface area contributed by atoms with Gasteiger partial charge in [0.25, 0.3) is 0 Å². The smallest absolute Gasteiger partial charge is 0.321 e. The van der Waals surface area contributed by atoms with Crippen molar-refractivity contribution in [2.24, 2.45) is 5.92 Å². The van der Waals surface area contributed by atoms with Crippen molar-refractivity contribution in [1.82, 2.24) is 4.90 Å². The standard InChI is InChI=1S/C20H21ClN2O2/c1-14-7-8-17(13-18(14)21)22-20(25)23-11-9-16(10-12-23)19(24)15-5-3-2-4-6-15/h2-8,13,16H,9-12H2,1H3,(H,22,25). The van der Waals surface area contributed by atoms with Gasteiger partial charge in [-0.15, -0.1) is 0 Å². The first-order chi connectivity index (χ1) is 12.0. The number of nitrogens with one attached hydrogen (secondary N) is 1. The van der Waals surface area contributed by atoms with Crippen molar-refractivity contribution in [2.75, 3.05) is 18.4 Å². The van der Waals surface area contributed by atoms with E-state index in [2.05, 4.69) is 5.32 Å². The highest BCUT2D eigenvalue weighted by Crippen LogP contribution is 2.24. The number of carbonyl (C=O) groups excluding carboxylic acids is 2. The fourth-order valence-corrected chi connectivity index (χ4v) is 3.24. The van der Waals surface area contributed by atoms with Crippen molar-refractivity contribution in [2.45, 2.75) is 19.8 Å². The molecule has 0 atom stereocenters. The van der Waals surface area contributed by atoms with Crippen molar-refractivity contribution in [3.8, 4) is 0 Å². The van der Waals surface area contributed by atoms with Crippen LogP contribution >= 0.6 is 11.6 Å². The number of hydrogen-bond acceptors (Lipinski definition) is 2. The van der Waals surface area contributed by atoms with Crippen molar-refractivity contribution < 1.29 is 9.59 Å². The molecule has 25 heavy (non-hydrogen) atoms. The highest BCUT2D eigenvalue weighted by atomic mass is 35.5. The number of halogens is 1. The summed E-state index contributed by atoms with van der Waals surface area (Å²) in [6, 6.07) is 14.7. The Kier molecular flexibility index (Phi) is 5.39. The molecule has 3 rings (SSSR count). The molecular formula is C20H21ClN2O2. The Balaban J connectivity index is 1.55. The lowest BCUT2D eigenvalue weighted by molar-refractivity contribution is 0.0859. The lowest BCUT2D eigenvalue weighted by atomic mass is 9.89. The first-order valence-electron chi connectivity index (χ1n) is 8.46. The Morgan fingerprint density at radius 3 is 2.40 bits per heavy atom. The highest BCUT2D eigenvalue weighted by Gasteiger charge is 2.27. The molecule has 0 unspecified atom stereocenters. The fourth-order valence-electron chi connectivity index (χ4n) is 3.06. The molecule has 0 aromatic heterocycles. The quantitative estimate of drug-likeness (QED) is 0.805. The summed E-state index contributed by atoms with van der Waals surface area (Å²) in [5, 5.41) is 3.50. The number of amides is 2. The summed E-state index contributed by atoms with van der Waals surface area (Å²) in [6.07, 6.45) is 1.38. The van der Waals surface area contributed by atoms with E-state index in [1.807, 2.05) is 49.4 Å². The number of aryl methyl sites for hydroxylation is 1. The number of Topliss-reactive ketones (excluding diaryl/α,β-unsaturated/α-hetero) is 1. The predicted molar refractivity (Wildman–Crippen MR) is 100 cm³/mol. The van der Waals surface area contributed by atoms with E-state index in [0.29, 0.717) is 36.6 Å². The molecule has 2 aromatic carbocycles. The van der Waals surface area contributed by atoms with Gasteiger partial charge in [-0.25, -0.2) is 4.79 Å². The Bertz CT molecular complexity index is 769. The summed E-state index contributed by atoms with van der Waals surface area (Å²) in [5.41, 5.74) is 2.41. The number of anilines is 1. The number of nitrogens with zero attached hydrogens (tertiary/aromatic N) is 1. The van der Waals surface area contributed by atoms with E-state index in [1.54, 1.807) is 11.0 Å². The van der Waals surface area contributed by atoms with E-state index in [1.165, 1.54) is 0 Å². The molecule has 0 aliphatic carbocycles. The Morgan fingerprint density at radius 1 is 1.08 bits per heavy atom. The number of rotatable bonds is 3. The SMILES string of the molecule is Cc1ccc(NC(=O)N2CCC(C(=O)c3ccccc3)CC2)cc1Cl. The van der Waals surface area contributed by atoms with Crippen LogP contribution in [0, 0.1) is 12.8 Å². The molecule has 130 valence electrons. The van der Waals surface area contributed by atoms with Crippen LogP contribution < -0.4 is 5.32 Å². The largest absolute Gasteiger partial charge is 0.324 e. The molecule has 0 bridgehead atoms. The highest BCUT2D eigenvalue weighted by molar-refractivity contribution is 6.31. The van der Waals surface area contributed by atoms with E-state index >= 15 is 0 Å². The maximum Gasteiger partial charge on any atom is 0.321 e. The van der Waals surface area contributed by atoms with Gasteiger partial charge >= 0.3 is 6.03 Å². The van der Waals surface area contributed by atoms with Gasteiger partial charge in [-0.3, -0.25) is 4.79 Å². The molecule has 1 aliphatic rings. The van der Waals surface area contributed by atoms with E-state index in [4.69, 9.17) is 11.6 Å². The van der Waals surface area contributed by atoms with E-state index in [9.17, 15) is 9.59 Å². The summed E-state index contributed by atoms with van der Waals surface area (Å²) >= 11 is 6.09. The molecule has 1 fully saturated rings. The molecule has 4 nitrogen and oxygen atoms in total. The number of hydrogen-bond donors (Lipinski definition) is 1. The maximum atomic E-state index is 12.5. The number of urea groups is 1. The second-order valence-corrected chi connectivity index (χ2v) is 6.79. The summed E-state index contributed by atoms with van der Waals surface area (Å²) in [5.74, 6) is 0.159. The predicted octanol–water partition coefficient (Wildman–Crippen LogP) is 4.78. The first kappa shape index (κ1) is 17.5. The molecular weight excluding hydrogens is 336 g/mol. The van der Waals surface area contributed by atoms with Crippen LogP contribution in [0.1, 0.15) is 28.8 Å². The summed E-state index contributed by atoms with van der Waals surface area (Å²) < 4.78 is 0. The van der Waals surface area contributed by atoms with Crippen LogP contribution in [0.4, 0.5) is 10.5 Å². The number of likely N-dealkylation sites (tertiary alicyclic amines) is 1. The van der Waals surface area contributed by atoms with Gasteiger partial charge < -0.3 is 10.2 Å². The molecule has 1 heterocycles. The van der Waals surface area contributed by atoms with Gasteiger partial charge in [0, 0.05) is 35.3 Å². The molecule has 2 amide bonds. The van der Waals surface area contributed by atoms with Crippen LogP contribution in [0.15, 0.2) is 48.5 Å². The molecule has 1 N–H and O–H groups in total. The van der Waals surface area contributed by atoms with E-state index in [0.717, 1.165) is 11.1 Å². The van der Waals surface area contributed by atoms with Crippen molar-refractivity contribution in [3.05, 3.63) is 64.7 Å². The average Bonchev–Trinajstić information content (AvgIpc) is 2.65. The summed E-state index contributed by atoms with van der Waals surface area (Å²) in [7, 11) is 0. The van der Waals surface area contributed by atoms with Gasteiger partial charge in [-0.05, 0) is 37.5 Å². The molecule has 2 aromatic rings. The number of carbonyl (C=O) groups is 2. The second kappa shape index (κ2) is 7.70. The summed E-state index contributed by atoms with van der Waals surface area (Å²) in [4.78, 5) is 26.7. The molecule has 5 heteroatoms. The van der Waals surface area contributed by atoms with Crippen molar-refractivity contribution >= 4 is 29.1 Å². The molecule has 1 saturated heterocycles. The van der Waals surface area contributed by atoms with Crippen molar-refractivity contribution in [1.29, 1.82) is 0 Å². The van der Waals surface area contributed by atoms with Gasteiger partial charge in [0.1, 0.15) is 0 Å². The topological polar surface area (TPSA) is 49.4 Å². The third-order valence-corrected chi connectivity index (χ3v) is 5.04. The zero-order valence-electron chi connectivity index (χ0n) is 14.2. The monoisotopic (exact) mass is 356 g/mol. The normalized spacial score (nSPS) is 15.0. The fraction of sp³-hybridized carbons (Fsp3) is 0.300. The first-order valence-corrected chi connectivity index (χ1v) is 8.84. The van der Waals surface area contributed by atoms with Gasteiger partial charge in [0.2, 0.25) is 0 Å². The third-order valence-electron chi connectivity index (χ3n) is 4.63. The van der Waals surface area contributed by atoms with E-state index in [-0.39, 0.29) is 17.7 Å². The maximum absolute atomic E-state index is 12.5. The zero-order chi connectivity index (χ0) is 17.8. The molecule has 0 saturated carbocycles. The minimum Gasteiger partial charge on any atom is -0.324 e. The Morgan fingerprint density at radius 2 is 1.76 bits per heavy atom. The van der Waals surface area contributed by atoms with Gasteiger partial charge in [0.15, 0.2) is 5.78 Å². The van der Waals surface area contributed by atoms with Crippen LogP contribution in [-0.4, -0.2) is 29.8 Å². The third kappa shape index (κ3) is 4.20. The molecule has 0 radical (unpaired) electrons. The van der Waals surface area contributed by atoms with Crippen LogP contribution in [0.5, 0.6) is 0 Å². The van der Waals surface area contributed by atoms with Gasteiger partial charge in [-0.1, -0.05) is 48.0 Å². The zero-order valence-corrected chi connectivity index (χ0v) is 14.9. The van der Waals surface area contributed by atoms with Crippen molar-refractivity contribution in [3.63, 3.8) is 0 Å². The molecule has 1 aliphatic heterocycles. The minimum atomic E-state index is -0.148. The molecule has 0 spiro atoms. The van der Waals surface area contributed by atoms with Gasteiger partial charge in [0.05, 0.1) is 0 Å². The van der Waals surface area contributed by atoms with Crippen LogP contribution in [0.25, 0.3) is 0 Å².